The monoisotopic (exact) mass is 420 g/mol. The van der Waals surface area contributed by atoms with Gasteiger partial charge in [0, 0.05) is 30.3 Å². The Labute approximate surface area is 179 Å². The van der Waals surface area contributed by atoms with Crippen molar-refractivity contribution in [2.45, 2.75) is 31.1 Å². The summed E-state index contributed by atoms with van der Waals surface area (Å²) < 4.78 is 7.90. The summed E-state index contributed by atoms with van der Waals surface area (Å²) in [5, 5.41) is 22.2. The van der Waals surface area contributed by atoms with Gasteiger partial charge in [0.25, 0.3) is 0 Å². The molecule has 4 aromatic rings. The molecule has 0 bridgehead atoms. The molecule has 0 saturated heterocycles. The second-order valence-electron chi connectivity index (χ2n) is 6.98. The van der Waals surface area contributed by atoms with Gasteiger partial charge in [-0.15, -0.1) is 10.2 Å². The Morgan fingerprint density at radius 1 is 1.03 bits per heavy atom. The number of thioether (sulfide) groups is 1. The minimum atomic E-state index is -0.613. The van der Waals surface area contributed by atoms with Crippen LogP contribution in [-0.4, -0.2) is 43.3 Å². The number of hydrogen-bond donors (Lipinski definition) is 1. The molecule has 154 valence electrons. The molecule has 2 aromatic carbocycles. The Hall–Kier alpha value is -2.90. The third-order valence-corrected chi connectivity index (χ3v) is 5.78. The van der Waals surface area contributed by atoms with Crippen LogP contribution in [0, 0.1) is 0 Å². The first-order valence-corrected chi connectivity index (χ1v) is 11.0. The zero-order chi connectivity index (χ0) is 20.8. The molecule has 2 aromatic heterocycles. The van der Waals surface area contributed by atoms with Crippen LogP contribution in [0.1, 0.15) is 13.3 Å². The summed E-state index contributed by atoms with van der Waals surface area (Å²) in [4.78, 5) is 4.07. The topological polar surface area (TPSA) is 73.1 Å². The van der Waals surface area contributed by atoms with E-state index in [1.807, 2.05) is 42.5 Å². The quantitative estimate of drug-likeness (QED) is 0.404. The summed E-state index contributed by atoms with van der Waals surface area (Å²) in [6.07, 6.45) is 3.86. The number of aromatic nitrogens is 4. The number of nitrogens with zero attached hydrogens (tertiary/aromatic N) is 4. The average Bonchev–Trinajstić information content (AvgIpc) is 3.19. The molecule has 1 unspecified atom stereocenters. The van der Waals surface area contributed by atoms with E-state index in [1.54, 1.807) is 12.4 Å². The molecule has 0 aliphatic carbocycles. The lowest BCUT2D eigenvalue weighted by atomic mass is 10.1. The van der Waals surface area contributed by atoms with Crippen LogP contribution in [-0.2, 0) is 6.54 Å². The zero-order valence-corrected chi connectivity index (χ0v) is 17.6. The number of pyridine rings is 1. The molecular formula is C23H24N4O2S. The highest BCUT2D eigenvalue weighted by atomic mass is 32.2. The Bertz CT molecular complexity index is 1100. The van der Waals surface area contributed by atoms with Crippen LogP contribution < -0.4 is 4.74 Å². The van der Waals surface area contributed by atoms with E-state index in [0.29, 0.717) is 5.75 Å². The maximum atomic E-state index is 10.4. The number of benzene rings is 2. The minimum absolute atomic E-state index is 0.227. The van der Waals surface area contributed by atoms with Gasteiger partial charge in [-0.05, 0) is 41.5 Å². The summed E-state index contributed by atoms with van der Waals surface area (Å²) in [5.41, 5.74) is 0.984. The third-order valence-electron chi connectivity index (χ3n) is 4.67. The molecule has 30 heavy (non-hydrogen) atoms. The van der Waals surface area contributed by atoms with Gasteiger partial charge in [0.05, 0.1) is 6.10 Å². The normalized spacial score (nSPS) is 12.2. The van der Waals surface area contributed by atoms with E-state index in [9.17, 15) is 5.11 Å². The summed E-state index contributed by atoms with van der Waals surface area (Å²) in [6, 6.07) is 17.9. The molecule has 2 heterocycles. The Kier molecular flexibility index (Phi) is 6.61. The number of rotatable bonds is 9. The lowest BCUT2D eigenvalue weighted by molar-refractivity contribution is 0.126. The standard InChI is InChI=1S/C23H24N4O2S/c1-2-13-27-22(18-9-11-24-12-10-18)25-26-23(27)30-16-20(28)15-29-21-8-7-17-5-3-4-6-19(17)14-21/h3-12,14,20,28H,2,13,15-16H2,1H3. The Balaban J connectivity index is 1.37. The minimum Gasteiger partial charge on any atom is -0.491 e. The summed E-state index contributed by atoms with van der Waals surface area (Å²) >= 11 is 1.49. The van der Waals surface area contributed by atoms with E-state index < -0.39 is 6.10 Å². The van der Waals surface area contributed by atoms with Crippen molar-refractivity contribution in [3.8, 4) is 17.1 Å². The average molecular weight is 421 g/mol. The highest BCUT2D eigenvalue weighted by Gasteiger charge is 2.16. The van der Waals surface area contributed by atoms with Crippen molar-refractivity contribution in [3.05, 3.63) is 67.0 Å². The molecule has 0 spiro atoms. The Morgan fingerprint density at radius 3 is 2.63 bits per heavy atom. The summed E-state index contributed by atoms with van der Waals surface area (Å²) in [6.45, 7) is 3.16. The van der Waals surface area contributed by atoms with E-state index in [2.05, 4.69) is 38.8 Å². The molecule has 4 rings (SSSR count). The van der Waals surface area contributed by atoms with Gasteiger partial charge in [-0.2, -0.15) is 0 Å². The molecule has 7 heteroatoms. The van der Waals surface area contributed by atoms with Gasteiger partial charge in [0.1, 0.15) is 12.4 Å². The molecule has 1 atom stereocenters. The molecule has 0 aliphatic heterocycles. The number of aliphatic hydroxyl groups excluding tert-OH is 1. The molecule has 0 aliphatic rings. The second kappa shape index (κ2) is 9.73. The van der Waals surface area contributed by atoms with Crippen molar-refractivity contribution in [1.29, 1.82) is 0 Å². The van der Waals surface area contributed by atoms with Crippen molar-refractivity contribution in [3.63, 3.8) is 0 Å². The van der Waals surface area contributed by atoms with Gasteiger partial charge >= 0.3 is 0 Å². The predicted molar refractivity (Wildman–Crippen MR) is 120 cm³/mol. The van der Waals surface area contributed by atoms with Crippen LogP contribution >= 0.6 is 11.8 Å². The lowest BCUT2D eigenvalue weighted by Crippen LogP contribution is -2.20. The van der Waals surface area contributed by atoms with Crippen LogP contribution in [0.15, 0.2) is 72.1 Å². The van der Waals surface area contributed by atoms with Crippen molar-refractivity contribution < 1.29 is 9.84 Å². The van der Waals surface area contributed by atoms with Crippen molar-refractivity contribution in [2.24, 2.45) is 0 Å². The molecule has 1 N–H and O–H groups in total. The fraction of sp³-hybridized carbons (Fsp3) is 0.261. The second-order valence-corrected chi connectivity index (χ2v) is 7.97. The smallest absolute Gasteiger partial charge is 0.191 e. The van der Waals surface area contributed by atoms with Gasteiger partial charge in [0.15, 0.2) is 11.0 Å². The molecule has 6 nitrogen and oxygen atoms in total. The van der Waals surface area contributed by atoms with Gasteiger partial charge in [0.2, 0.25) is 0 Å². The number of ether oxygens (including phenoxy) is 1. The van der Waals surface area contributed by atoms with Crippen LogP contribution in [0.5, 0.6) is 5.75 Å². The summed E-state index contributed by atoms with van der Waals surface area (Å²) in [5.74, 6) is 2.06. The van der Waals surface area contributed by atoms with Gasteiger partial charge in [-0.25, -0.2) is 0 Å². The number of aliphatic hydroxyl groups is 1. The first-order chi connectivity index (χ1) is 14.7. The highest BCUT2D eigenvalue weighted by Crippen LogP contribution is 2.25. The van der Waals surface area contributed by atoms with Crippen LogP contribution in [0.3, 0.4) is 0 Å². The van der Waals surface area contributed by atoms with Gasteiger partial charge < -0.3 is 14.4 Å². The van der Waals surface area contributed by atoms with E-state index in [0.717, 1.165) is 40.6 Å². The maximum Gasteiger partial charge on any atom is 0.191 e. The van der Waals surface area contributed by atoms with Crippen molar-refractivity contribution in [1.82, 2.24) is 19.7 Å². The largest absolute Gasteiger partial charge is 0.491 e. The van der Waals surface area contributed by atoms with Crippen LogP contribution in [0.2, 0.25) is 0 Å². The van der Waals surface area contributed by atoms with Crippen LogP contribution in [0.25, 0.3) is 22.2 Å². The van der Waals surface area contributed by atoms with E-state index in [1.165, 1.54) is 17.1 Å². The third kappa shape index (κ3) is 4.80. The van der Waals surface area contributed by atoms with E-state index in [4.69, 9.17) is 4.74 Å². The van der Waals surface area contributed by atoms with E-state index in [-0.39, 0.29) is 6.61 Å². The van der Waals surface area contributed by atoms with Crippen molar-refractivity contribution in [2.75, 3.05) is 12.4 Å². The fourth-order valence-electron chi connectivity index (χ4n) is 3.20. The first-order valence-electron chi connectivity index (χ1n) is 10.0. The molecular weight excluding hydrogens is 396 g/mol. The Morgan fingerprint density at radius 2 is 1.83 bits per heavy atom. The van der Waals surface area contributed by atoms with E-state index >= 15 is 0 Å². The maximum absolute atomic E-state index is 10.4. The number of fused-ring (bicyclic) bond motifs is 1. The van der Waals surface area contributed by atoms with Crippen molar-refractivity contribution >= 4 is 22.5 Å². The predicted octanol–water partition coefficient (Wildman–Crippen LogP) is 4.44. The molecule has 0 saturated carbocycles. The zero-order valence-electron chi connectivity index (χ0n) is 16.8. The molecule has 0 radical (unpaired) electrons. The highest BCUT2D eigenvalue weighted by molar-refractivity contribution is 7.99. The lowest BCUT2D eigenvalue weighted by Gasteiger charge is -2.13. The van der Waals surface area contributed by atoms with Gasteiger partial charge in [-0.1, -0.05) is 49.0 Å². The molecule has 0 fully saturated rings. The summed E-state index contributed by atoms with van der Waals surface area (Å²) in [7, 11) is 0. The fourth-order valence-corrected chi connectivity index (χ4v) is 4.07. The first kappa shape index (κ1) is 20.4. The van der Waals surface area contributed by atoms with Crippen LogP contribution in [0.4, 0.5) is 0 Å². The SMILES string of the molecule is CCCn1c(SCC(O)COc2ccc3ccccc3c2)nnc1-c1ccncc1. The molecule has 0 amide bonds. The number of hydrogen-bond acceptors (Lipinski definition) is 6. The van der Waals surface area contributed by atoms with Gasteiger partial charge in [-0.3, -0.25) is 4.98 Å².